The minimum atomic E-state index is -1.02. The molecule has 4 heterocycles. The van der Waals surface area contributed by atoms with E-state index < -0.39 is 29.9 Å². The summed E-state index contributed by atoms with van der Waals surface area (Å²) in [6, 6.07) is 6.08. The number of urea groups is 1. The maximum absolute atomic E-state index is 13.9. The molecule has 0 bridgehead atoms. The second kappa shape index (κ2) is 13.6. The molecular formula is C31H39N5O8. The minimum absolute atomic E-state index is 0.00478. The Hall–Kier alpha value is -4.23. The second-order valence-electron chi connectivity index (χ2n) is 11.4. The first-order chi connectivity index (χ1) is 21.2. The first-order valence-corrected chi connectivity index (χ1v) is 15.0. The molecule has 2 N–H and O–H groups in total. The summed E-state index contributed by atoms with van der Waals surface area (Å²) in [5.74, 6) is -2.03. The number of carboxylic acid groups (broad SMARTS) is 1. The molecule has 13 nitrogen and oxygen atoms in total. The fraction of sp³-hybridized carbons (Fsp3) is 0.516. The topological polar surface area (TPSA) is 153 Å². The molecule has 3 aliphatic heterocycles. The van der Waals surface area contributed by atoms with Crippen molar-refractivity contribution in [3.05, 3.63) is 47.8 Å². The molecule has 0 radical (unpaired) electrons. The zero-order chi connectivity index (χ0) is 31.4. The lowest BCUT2D eigenvalue weighted by molar-refractivity contribution is -0.143. The van der Waals surface area contributed by atoms with Crippen molar-refractivity contribution >= 4 is 29.5 Å². The number of unbranched alkanes of at least 4 members (excludes halogenated alkanes) is 1. The maximum atomic E-state index is 13.9. The van der Waals surface area contributed by atoms with Gasteiger partial charge in [-0.2, -0.15) is 0 Å². The van der Waals surface area contributed by atoms with Gasteiger partial charge in [0.15, 0.2) is 11.5 Å². The number of aliphatic carboxylic acids is 1. The van der Waals surface area contributed by atoms with Crippen LogP contribution in [0.4, 0.5) is 10.5 Å². The van der Waals surface area contributed by atoms with E-state index in [1.807, 2.05) is 17.9 Å². The number of anilines is 1. The van der Waals surface area contributed by atoms with Crippen LogP contribution in [0.3, 0.4) is 0 Å². The number of nitrogens with zero attached hydrogens (tertiary/aromatic N) is 5. The summed E-state index contributed by atoms with van der Waals surface area (Å²) in [5.41, 5.74) is 1.84. The average molecular weight is 610 g/mol. The van der Waals surface area contributed by atoms with Gasteiger partial charge in [-0.25, -0.2) is 4.79 Å². The van der Waals surface area contributed by atoms with Crippen LogP contribution in [0.2, 0.25) is 0 Å². The summed E-state index contributed by atoms with van der Waals surface area (Å²) < 4.78 is 11.1. The fourth-order valence-corrected chi connectivity index (χ4v) is 6.42. The van der Waals surface area contributed by atoms with E-state index in [1.165, 1.54) is 7.05 Å². The highest BCUT2D eigenvalue weighted by molar-refractivity contribution is 5.96. The number of carboxylic acids is 1. The van der Waals surface area contributed by atoms with Crippen LogP contribution in [0.15, 0.2) is 36.7 Å². The van der Waals surface area contributed by atoms with Crippen molar-refractivity contribution in [2.24, 2.45) is 5.92 Å². The number of rotatable bonds is 12. The Morgan fingerprint density at radius 3 is 2.73 bits per heavy atom. The van der Waals surface area contributed by atoms with E-state index in [1.54, 1.807) is 40.4 Å². The second-order valence-corrected chi connectivity index (χ2v) is 11.4. The fourth-order valence-electron chi connectivity index (χ4n) is 6.42. The van der Waals surface area contributed by atoms with E-state index in [0.29, 0.717) is 34.9 Å². The van der Waals surface area contributed by atoms with Crippen LogP contribution in [-0.2, 0) is 21.0 Å². The van der Waals surface area contributed by atoms with Crippen LogP contribution in [0.25, 0.3) is 0 Å². The number of aromatic nitrogens is 1. The van der Waals surface area contributed by atoms with Gasteiger partial charge in [0.25, 0.3) is 0 Å². The molecular weight excluding hydrogens is 570 g/mol. The molecule has 1 aromatic carbocycles. The lowest BCUT2D eigenvalue weighted by atomic mass is 9.83. The van der Waals surface area contributed by atoms with E-state index in [0.717, 1.165) is 17.7 Å². The molecule has 4 amide bonds. The number of amides is 4. The maximum Gasteiger partial charge on any atom is 0.326 e. The molecule has 3 aliphatic rings. The van der Waals surface area contributed by atoms with Crippen LogP contribution in [0, 0.1) is 5.92 Å². The first-order valence-electron chi connectivity index (χ1n) is 15.0. The predicted molar refractivity (Wildman–Crippen MR) is 158 cm³/mol. The highest BCUT2D eigenvalue weighted by atomic mass is 16.7. The van der Waals surface area contributed by atoms with Crippen molar-refractivity contribution < 1.29 is 38.9 Å². The summed E-state index contributed by atoms with van der Waals surface area (Å²) >= 11 is 0. The molecule has 5 rings (SSSR count). The molecule has 236 valence electrons. The third kappa shape index (κ3) is 6.34. The van der Waals surface area contributed by atoms with Gasteiger partial charge in [-0.3, -0.25) is 29.2 Å². The largest absolute Gasteiger partial charge is 0.481 e. The number of fused-ring (bicyclic) bond motifs is 1. The lowest BCUT2D eigenvalue weighted by Crippen LogP contribution is -2.52. The van der Waals surface area contributed by atoms with Crippen LogP contribution in [0.5, 0.6) is 11.5 Å². The molecule has 2 saturated heterocycles. The van der Waals surface area contributed by atoms with Crippen LogP contribution in [0.1, 0.15) is 49.7 Å². The smallest absolute Gasteiger partial charge is 0.326 e. The highest BCUT2D eigenvalue weighted by Crippen LogP contribution is 2.44. The third-order valence-corrected chi connectivity index (χ3v) is 8.76. The Morgan fingerprint density at radius 2 is 2.02 bits per heavy atom. The van der Waals surface area contributed by atoms with Crippen molar-refractivity contribution in [2.75, 3.05) is 51.5 Å². The molecule has 1 aromatic heterocycles. The zero-order valence-electron chi connectivity index (χ0n) is 25.1. The molecule has 0 saturated carbocycles. The minimum Gasteiger partial charge on any atom is -0.481 e. The van der Waals surface area contributed by atoms with Crippen molar-refractivity contribution in [1.29, 1.82) is 0 Å². The van der Waals surface area contributed by atoms with Crippen molar-refractivity contribution in [2.45, 2.75) is 51.2 Å². The van der Waals surface area contributed by atoms with Gasteiger partial charge in [0.2, 0.25) is 18.6 Å². The Balaban J connectivity index is 1.46. The van der Waals surface area contributed by atoms with Gasteiger partial charge in [0.05, 0.1) is 31.0 Å². The summed E-state index contributed by atoms with van der Waals surface area (Å²) in [6.45, 7) is 2.95. The van der Waals surface area contributed by atoms with Gasteiger partial charge in [0, 0.05) is 63.4 Å². The molecule has 0 aliphatic carbocycles. The number of hydrogen-bond acceptors (Lipinski definition) is 9. The number of imide groups is 1. The SMILES string of the molecule is CCCCN(C(=O)CN1C[C@H](c2cc(CO)c3c(c2)OCO3)[C@@H](C(=O)O)[C@@H]1CCN1CCC(=O)N(C)C1=O)c1cccnc1. The normalized spacial score (nSPS) is 21.7. The summed E-state index contributed by atoms with van der Waals surface area (Å²) in [5, 5.41) is 20.6. The Bertz CT molecular complexity index is 1390. The van der Waals surface area contributed by atoms with Gasteiger partial charge >= 0.3 is 12.0 Å². The quantitative estimate of drug-likeness (QED) is 0.367. The number of hydrogen-bond donors (Lipinski definition) is 2. The number of ether oxygens (including phenoxy) is 2. The Morgan fingerprint density at radius 1 is 1.20 bits per heavy atom. The monoisotopic (exact) mass is 609 g/mol. The number of benzene rings is 1. The number of aliphatic hydroxyl groups is 1. The molecule has 3 atom stereocenters. The number of likely N-dealkylation sites (tertiary alicyclic amines) is 1. The van der Waals surface area contributed by atoms with Gasteiger partial charge in [0.1, 0.15) is 0 Å². The standard InChI is InChI=1S/C31H39N5O8/c1-3-4-10-36(22-6-5-9-32-15-22)27(39)17-35-16-23(20-13-21(18-37)29-25(14-20)43-19-44-29)28(30(40)41)24(35)7-11-34-12-8-26(38)33(2)31(34)42/h5-6,9,13-15,23-24,28,37H,3-4,7-8,10-12,16-19H2,1-2H3,(H,40,41)/t23-,24+,28-/m1/s1. The van der Waals surface area contributed by atoms with E-state index in [-0.39, 0.29) is 64.2 Å². The number of aliphatic hydroxyl groups excluding tert-OH is 1. The van der Waals surface area contributed by atoms with Gasteiger partial charge in [-0.1, -0.05) is 13.3 Å². The van der Waals surface area contributed by atoms with Crippen molar-refractivity contribution in [3.63, 3.8) is 0 Å². The van der Waals surface area contributed by atoms with Gasteiger partial charge < -0.3 is 29.5 Å². The summed E-state index contributed by atoms with van der Waals surface area (Å²) in [7, 11) is 1.44. The number of carbonyl (C=O) groups excluding carboxylic acids is 3. The van der Waals surface area contributed by atoms with Crippen LogP contribution < -0.4 is 14.4 Å². The van der Waals surface area contributed by atoms with Gasteiger partial charge in [-0.15, -0.1) is 0 Å². The van der Waals surface area contributed by atoms with E-state index in [2.05, 4.69) is 4.98 Å². The highest BCUT2D eigenvalue weighted by Gasteiger charge is 2.48. The average Bonchev–Trinajstić information content (AvgIpc) is 3.64. The van der Waals surface area contributed by atoms with Gasteiger partial charge in [-0.05, 0) is 42.7 Å². The van der Waals surface area contributed by atoms with Crippen molar-refractivity contribution in [1.82, 2.24) is 19.7 Å². The molecule has 0 spiro atoms. The molecule has 2 aromatic rings. The Kier molecular flexibility index (Phi) is 9.64. The Labute approximate surface area is 255 Å². The molecule has 0 unspecified atom stereocenters. The van der Waals surface area contributed by atoms with E-state index in [9.17, 15) is 29.4 Å². The number of pyridine rings is 1. The zero-order valence-corrected chi connectivity index (χ0v) is 25.1. The van der Waals surface area contributed by atoms with Crippen molar-refractivity contribution in [3.8, 4) is 11.5 Å². The predicted octanol–water partition coefficient (Wildman–Crippen LogP) is 2.28. The number of carbonyl (C=O) groups is 4. The van der Waals surface area contributed by atoms with E-state index >= 15 is 0 Å². The van der Waals surface area contributed by atoms with Crippen LogP contribution in [-0.4, -0.2) is 106 Å². The first kappa shape index (κ1) is 31.2. The lowest BCUT2D eigenvalue weighted by Gasteiger charge is -2.34. The molecule has 13 heteroatoms. The van der Waals surface area contributed by atoms with E-state index in [4.69, 9.17) is 9.47 Å². The molecule has 2 fully saturated rings. The summed E-state index contributed by atoms with van der Waals surface area (Å²) in [4.78, 5) is 62.1. The summed E-state index contributed by atoms with van der Waals surface area (Å²) in [6.07, 6.45) is 5.43. The third-order valence-electron chi connectivity index (χ3n) is 8.76. The molecule has 44 heavy (non-hydrogen) atoms. The van der Waals surface area contributed by atoms with Crippen LogP contribution >= 0.6 is 0 Å².